The van der Waals surface area contributed by atoms with Crippen LogP contribution < -0.4 is 10.6 Å². The number of nitrogens with one attached hydrogen (secondary N) is 2. The van der Waals surface area contributed by atoms with Crippen molar-refractivity contribution in [1.82, 2.24) is 15.5 Å². The molecule has 3 N–H and O–H groups in total. The van der Waals surface area contributed by atoms with Gasteiger partial charge in [-0.25, -0.2) is 4.79 Å². The summed E-state index contributed by atoms with van der Waals surface area (Å²) in [6.45, 7) is 2.91. The van der Waals surface area contributed by atoms with Gasteiger partial charge in [-0.3, -0.25) is 4.79 Å². The van der Waals surface area contributed by atoms with Gasteiger partial charge in [0.05, 0.1) is 5.92 Å². The van der Waals surface area contributed by atoms with Gasteiger partial charge in [-0.05, 0) is 58.2 Å². The lowest BCUT2D eigenvalue weighted by molar-refractivity contribution is -0.143. The zero-order chi connectivity index (χ0) is 15.2. The van der Waals surface area contributed by atoms with E-state index in [0.717, 1.165) is 51.7 Å². The summed E-state index contributed by atoms with van der Waals surface area (Å²) >= 11 is 0. The van der Waals surface area contributed by atoms with Gasteiger partial charge in [0.1, 0.15) is 0 Å². The van der Waals surface area contributed by atoms with Crippen LogP contribution in [0.25, 0.3) is 0 Å². The van der Waals surface area contributed by atoms with Crippen LogP contribution >= 0.6 is 0 Å². The molecule has 0 bridgehead atoms. The van der Waals surface area contributed by atoms with Crippen molar-refractivity contribution in [1.29, 1.82) is 0 Å². The summed E-state index contributed by atoms with van der Waals surface area (Å²) in [5.74, 6) is -0.490. The summed E-state index contributed by atoms with van der Waals surface area (Å²) in [6, 6.07) is -0.151. The van der Waals surface area contributed by atoms with E-state index in [1.807, 2.05) is 0 Å². The Labute approximate surface area is 126 Å². The molecular weight excluding hydrogens is 270 g/mol. The molecule has 2 fully saturated rings. The topological polar surface area (TPSA) is 81.7 Å². The molecule has 2 amide bonds. The van der Waals surface area contributed by atoms with Crippen LogP contribution in [0.4, 0.5) is 4.79 Å². The molecule has 2 rings (SSSR count). The fourth-order valence-corrected chi connectivity index (χ4v) is 3.28. The van der Waals surface area contributed by atoms with Gasteiger partial charge in [0.2, 0.25) is 0 Å². The van der Waals surface area contributed by atoms with Crippen molar-refractivity contribution in [3.05, 3.63) is 0 Å². The third-order valence-electron chi connectivity index (χ3n) is 4.75. The number of nitrogens with zero attached hydrogens (tertiary/aromatic N) is 1. The number of likely N-dealkylation sites (tertiary alicyclic amines) is 1. The second kappa shape index (κ2) is 7.64. The highest BCUT2D eigenvalue weighted by Crippen LogP contribution is 2.24. The zero-order valence-corrected chi connectivity index (χ0v) is 12.8. The molecule has 2 aliphatic rings. The lowest BCUT2D eigenvalue weighted by atomic mass is 9.86. The van der Waals surface area contributed by atoms with E-state index in [4.69, 9.17) is 5.11 Å². The predicted octanol–water partition coefficient (Wildman–Crippen LogP) is 1.27. The largest absolute Gasteiger partial charge is 0.481 e. The minimum Gasteiger partial charge on any atom is -0.481 e. The van der Waals surface area contributed by atoms with Crippen molar-refractivity contribution < 1.29 is 14.7 Å². The molecule has 6 heteroatoms. The van der Waals surface area contributed by atoms with Crippen molar-refractivity contribution in [2.45, 2.75) is 44.6 Å². The van der Waals surface area contributed by atoms with Crippen LogP contribution in [0.5, 0.6) is 0 Å². The molecule has 2 atom stereocenters. The van der Waals surface area contributed by atoms with Crippen molar-refractivity contribution in [3.63, 3.8) is 0 Å². The average Bonchev–Trinajstić information content (AvgIpc) is 2.47. The Hall–Kier alpha value is -1.30. The first-order valence-electron chi connectivity index (χ1n) is 8.00. The molecule has 1 saturated carbocycles. The Morgan fingerprint density at radius 2 is 1.90 bits per heavy atom. The monoisotopic (exact) mass is 297 g/mol. The first-order valence-corrected chi connectivity index (χ1v) is 8.00. The van der Waals surface area contributed by atoms with Crippen LogP contribution in [0.15, 0.2) is 0 Å². The highest BCUT2D eigenvalue weighted by atomic mass is 16.4. The van der Waals surface area contributed by atoms with Gasteiger partial charge >= 0.3 is 12.0 Å². The number of carboxylic acid groups (broad SMARTS) is 1. The number of hydrogen-bond donors (Lipinski definition) is 3. The molecule has 0 spiro atoms. The number of carbonyl (C=O) groups is 2. The smallest absolute Gasteiger partial charge is 0.315 e. The standard InChI is InChI=1S/C15H27N3O3/c1-18-7-5-11(6-8-18)10-16-15(21)17-13-4-2-3-12(9-13)14(19)20/h11-13H,2-10H2,1H3,(H,19,20)(H2,16,17,21). The minimum absolute atomic E-state index is 0.00246. The van der Waals surface area contributed by atoms with E-state index >= 15 is 0 Å². The lowest BCUT2D eigenvalue weighted by Gasteiger charge is -2.30. The van der Waals surface area contributed by atoms with E-state index in [1.54, 1.807) is 0 Å². The Kier molecular flexibility index (Phi) is 5.85. The van der Waals surface area contributed by atoms with Gasteiger partial charge in [0.25, 0.3) is 0 Å². The highest BCUT2D eigenvalue weighted by molar-refractivity contribution is 5.74. The average molecular weight is 297 g/mol. The highest BCUT2D eigenvalue weighted by Gasteiger charge is 2.28. The molecule has 0 aromatic heterocycles. The van der Waals surface area contributed by atoms with E-state index in [1.165, 1.54) is 0 Å². The lowest BCUT2D eigenvalue weighted by Crippen LogP contribution is -2.46. The van der Waals surface area contributed by atoms with Crippen LogP contribution in [-0.4, -0.2) is 54.7 Å². The van der Waals surface area contributed by atoms with E-state index in [9.17, 15) is 9.59 Å². The second-order valence-electron chi connectivity index (χ2n) is 6.50. The maximum Gasteiger partial charge on any atom is 0.315 e. The summed E-state index contributed by atoms with van der Waals surface area (Å²) in [6.07, 6.45) is 5.28. The molecule has 1 saturated heterocycles. The summed E-state index contributed by atoms with van der Waals surface area (Å²) in [4.78, 5) is 25.2. The molecule has 1 aliphatic carbocycles. The summed E-state index contributed by atoms with van der Waals surface area (Å²) in [5, 5.41) is 14.9. The third kappa shape index (κ3) is 5.19. The number of carbonyl (C=O) groups excluding carboxylic acids is 1. The zero-order valence-electron chi connectivity index (χ0n) is 12.8. The molecule has 0 aromatic carbocycles. The summed E-state index contributed by atoms with van der Waals surface area (Å²) in [7, 11) is 2.12. The summed E-state index contributed by atoms with van der Waals surface area (Å²) in [5.41, 5.74) is 0. The number of aliphatic carboxylic acids is 1. The SMILES string of the molecule is CN1CCC(CNC(=O)NC2CCCC(C(=O)O)C2)CC1. The van der Waals surface area contributed by atoms with Crippen LogP contribution in [-0.2, 0) is 4.79 Å². The minimum atomic E-state index is -0.742. The Morgan fingerprint density at radius 3 is 2.57 bits per heavy atom. The van der Waals surface area contributed by atoms with Crippen LogP contribution in [0, 0.1) is 11.8 Å². The molecule has 0 radical (unpaired) electrons. The molecule has 0 aromatic rings. The first-order chi connectivity index (χ1) is 10.0. The van der Waals surface area contributed by atoms with Gasteiger partial charge in [-0.15, -0.1) is 0 Å². The second-order valence-corrected chi connectivity index (χ2v) is 6.50. The quantitative estimate of drug-likeness (QED) is 0.730. The number of piperidine rings is 1. The van der Waals surface area contributed by atoms with Crippen LogP contribution in [0.3, 0.4) is 0 Å². The van der Waals surface area contributed by atoms with Gasteiger partial charge in [-0.2, -0.15) is 0 Å². The molecule has 1 heterocycles. The van der Waals surface area contributed by atoms with E-state index < -0.39 is 5.97 Å². The molecule has 21 heavy (non-hydrogen) atoms. The number of urea groups is 1. The third-order valence-corrected chi connectivity index (χ3v) is 4.75. The van der Waals surface area contributed by atoms with E-state index in [0.29, 0.717) is 12.3 Å². The van der Waals surface area contributed by atoms with Gasteiger partial charge < -0.3 is 20.6 Å². The van der Waals surface area contributed by atoms with Gasteiger partial charge in [0.15, 0.2) is 0 Å². The molecule has 2 unspecified atom stereocenters. The van der Waals surface area contributed by atoms with Gasteiger partial charge in [0, 0.05) is 12.6 Å². The van der Waals surface area contributed by atoms with Crippen LogP contribution in [0.1, 0.15) is 38.5 Å². The molecule has 120 valence electrons. The van der Waals surface area contributed by atoms with Crippen molar-refractivity contribution in [2.75, 3.05) is 26.7 Å². The Bertz CT molecular complexity index is 367. The maximum atomic E-state index is 11.9. The number of rotatable bonds is 4. The Balaban J connectivity index is 1.66. The van der Waals surface area contributed by atoms with Crippen molar-refractivity contribution >= 4 is 12.0 Å². The first kappa shape index (κ1) is 16.1. The van der Waals surface area contributed by atoms with Gasteiger partial charge in [-0.1, -0.05) is 6.42 Å². The summed E-state index contributed by atoms with van der Waals surface area (Å²) < 4.78 is 0. The maximum absolute atomic E-state index is 11.9. The fraction of sp³-hybridized carbons (Fsp3) is 0.867. The van der Waals surface area contributed by atoms with Crippen LogP contribution in [0.2, 0.25) is 0 Å². The molecular formula is C15H27N3O3. The normalized spacial score (nSPS) is 28.0. The predicted molar refractivity (Wildman–Crippen MR) is 80.1 cm³/mol. The van der Waals surface area contributed by atoms with Crippen molar-refractivity contribution in [2.24, 2.45) is 11.8 Å². The van der Waals surface area contributed by atoms with E-state index in [2.05, 4.69) is 22.6 Å². The number of hydrogen-bond acceptors (Lipinski definition) is 3. The fourth-order valence-electron chi connectivity index (χ4n) is 3.28. The number of amides is 2. The molecule has 6 nitrogen and oxygen atoms in total. The van der Waals surface area contributed by atoms with E-state index in [-0.39, 0.29) is 18.0 Å². The Morgan fingerprint density at radius 1 is 1.19 bits per heavy atom. The molecule has 1 aliphatic heterocycles. The number of carboxylic acids is 1. The van der Waals surface area contributed by atoms with Crippen molar-refractivity contribution in [3.8, 4) is 0 Å².